The van der Waals surface area contributed by atoms with Gasteiger partial charge in [-0.1, -0.05) is 16.6 Å². The van der Waals surface area contributed by atoms with E-state index in [0.29, 0.717) is 10.1 Å². The van der Waals surface area contributed by atoms with E-state index in [1.54, 1.807) is 18.0 Å². The first-order chi connectivity index (χ1) is 11.6. The van der Waals surface area contributed by atoms with Crippen LogP contribution in [0.3, 0.4) is 0 Å². The molecular weight excluding hydrogens is 366 g/mol. The summed E-state index contributed by atoms with van der Waals surface area (Å²) in [6, 6.07) is 0.531. The van der Waals surface area contributed by atoms with Crippen molar-refractivity contribution in [1.82, 2.24) is 25.2 Å². The Morgan fingerprint density at radius 2 is 2.08 bits per heavy atom. The van der Waals surface area contributed by atoms with Gasteiger partial charge in [-0.15, -0.1) is 27.7 Å². The molecule has 3 N–H and O–H groups in total. The quantitative estimate of drug-likeness (QED) is 0.804. The molecule has 1 atom stereocenters. The second-order valence-corrected chi connectivity index (χ2v) is 6.94. The zero-order valence-electron chi connectivity index (χ0n) is 14.1. The molecule has 1 amide bonds. The molecule has 2 aromatic heterocycles. The van der Waals surface area contributed by atoms with E-state index in [0.717, 1.165) is 25.7 Å². The molecule has 0 aromatic carbocycles. The number of hydrogen-bond acceptors (Lipinski definition) is 8. The lowest BCUT2D eigenvalue weighted by atomic mass is 9.92. The third kappa shape index (κ3) is 4.72. The molecule has 3 rings (SSSR count). The highest BCUT2D eigenvalue weighted by Gasteiger charge is 2.22. The predicted molar refractivity (Wildman–Crippen MR) is 96.0 cm³/mol. The van der Waals surface area contributed by atoms with E-state index < -0.39 is 0 Å². The highest BCUT2D eigenvalue weighted by Crippen LogP contribution is 2.27. The number of aromatic nitrogens is 5. The number of nitrogens with one attached hydrogen (secondary N) is 1. The summed E-state index contributed by atoms with van der Waals surface area (Å²) in [5, 5.41) is 19.8. The maximum atomic E-state index is 12.3. The van der Waals surface area contributed by atoms with Crippen LogP contribution in [0.15, 0.2) is 6.20 Å². The van der Waals surface area contributed by atoms with Crippen LogP contribution in [0.25, 0.3) is 0 Å². The summed E-state index contributed by atoms with van der Waals surface area (Å²) in [4.78, 5) is 12.3. The van der Waals surface area contributed by atoms with Gasteiger partial charge in [0.25, 0.3) is 5.91 Å². The Morgan fingerprint density at radius 3 is 2.76 bits per heavy atom. The molecule has 0 saturated heterocycles. The summed E-state index contributed by atoms with van der Waals surface area (Å²) in [5.74, 6) is -0.346. The normalized spacial score (nSPS) is 21.4. The van der Waals surface area contributed by atoms with E-state index >= 15 is 0 Å². The van der Waals surface area contributed by atoms with Gasteiger partial charge in [0.2, 0.25) is 5.13 Å². The van der Waals surface area contributed by atoms with Crippen LogP contribution < -0.4 is 11.1 Å². The van der Waals surface area contributed by atoms with Gasteiger partial charge in [0, 0.05) is 13.2 Å². The number of ether oxygens (including phenoxy) is 1. The summed E-state index contributed by atoms with van der Waals surface area (Å²) in [6.45, 7) is 1.87. The van der Waals surface area contributed by atoms with Crippen molar-refractivity contribution in [2.75, 3.05) is 12.4 Å². The van der Waals surface area contributed by atoms with Gasteiger partial charge >= 0.3 is 0 Å². The molecule has 2 heterocycles. The van der Waals surface area contributed by atoms with Crippen molar-refractivity contribution < 1.29 is 9.53 Å². The van der Waals surface area contributed by atoms with Gasteiger partial charge in [-0.2, -0.15) is 0 Å². The lowest BCUT2D eigenvalue weighted by Crippen LogP contribution is -2.28. The molecule has 9 nitrogen and oxygen atoms in total. The Hall–Kier alpha value is -1.62. The van der Waals surface area contributed by atoms with Crippen LogP contribution in [-0.4, -0.2) is 44.3 Å². The molecule has 0 spiro atoms. The largest absolute Gasteiger partial charge is 0.374 e. The summed E-state index contributed by atoms with van der Waals surface area (Å²) in [5.41, 5.74) is 6.18. The first-order valence-electron chi connectivity index (χ1n) is 7.91. The van der Waals surface area contributed by atoms with Crippen molar-refractivity contribution in [3.63, 3.8) is 0 Å². The second kappa shape index (κ2) is 8.65. The highest BCUT2D eigenvalue weighted by molar-refractivity contribution is 7.15. The van der Waals surface area contributed by atoms with E-state index in [1.807, 2.05) is 6.92 Å². The minimum absolute atomic E-state index is 0. The van der Waals surface area contributed by atoms with Gasteiger partial charge in [-0.3, -0.25) is 10.1 Å². The number of carbonyl (C=O) groups is 1. The van der Waals surface area contributed by atoms with E-state index in [1.165, 1.54) is 11.3 Å². The van der Waals surface area contributed by atoms with Gasteiger partial charge in [-0.05, 0) is 32.6 Å². The standard InChI is InChI=1S/C14H21N7O2S.ClH/c1-8(23-2)13-18-19-14(24-13)16-12(22)11-7-21(20-17-11)10-5-3-9(15)4-6-10;/h7-10H,3-6,15H2,1-2H3,(H,16,19,22);1H. The number of anilines is 1. The van der Waals surface area contributed by atoms with Crippen LogP contribution in [0.5, 0.6) is 0 Å². The molecule has 1 unspecified atom stereocenters. The average Bonchev–Trinajstić information content (AvgIpc) is 3.24. The van der Waals surface area contributed by atoms with Crippen molar-refractivity contribution in [3.8, 4) is 0 Å². The predicted octanol–water partition coefficient (Wildman–Crippen LogP) is 1.95. The number of nitrogens with two attached hydrogens (primary N) is 1. The Balaban J connectivity index is 0.00000225. The summed E-state index contributed by atoms with van der Waals surface area (Å²) >= 11 is 1.28. The zero-order chi connectivity index (χ0) is 17.1. The Kier molecular flexibility index (Phi) is 6.82. The Bertz CT molecular complexity index is 699. The molecule has 2 aromatic rings. The van der Waals surface area contributed by atoms with Crippen LogP contribution in [-0.2, 0) is 4.74 Å². The molecule has 0 bridgehead atoms. The van der Waals surface area contributed by atoms with E-state index in [-0.39, 0.29) is 42.2 Å². The maximum absolute atomic E-state index is 12.3. The van der Waals surface area contributed by atoms with Crippen molar-refractivity contribution in [3.05, 3.63) is 16.9 Å². The highest BCUT2D eigenvalue weighted by atomic mass is 35.5. The summed E-state index contributed by atoms with van der Waals surface area (Å²) in [6.07, 6.45) is 5.37. The van der Waals surface area contributed by atoms with E-state index in [4.69, 9.17) is 10.5 Å². The lowest BCUT2D eigenvalue weighted by Gasteiger charge is -2.25. The molecule has 1 aliphatic rings. The van der Waals surface area contributed by atoms with Crippen molar-refractivity contribution in [1.29, 1.82) is 0 Å². The average molecular weight is 388 g/mol. The molecule has 0 radical (unpaired) electrons. The van der Waals surface area contributed by atoms with Gasteiger partial charge in [0.1, 0.15) is 11.1 Å². The molecule has 1 aliphatic carbocycles. The van der Waals surface area contributed by atoms with Crippen LogP contribution in [0.1, 0.15) is 60.2 Å². The zero-order valence-corrected chi connectivity index (χ0v) is 15.7. The van der Waals surface area contributed by atoms with Gasteiger partial charge < -0.3 is 10.5 Å². The number of carbonyl (C=O) groups excluding carboxylic acids is 1. The third-order valence-electron chi connectivity index (χ3n) is 4.22. The fraction of sp³-hybridized carbons (Fsp3) is 0.643. The molecule has 138 valence electrons. The first kappa shape index (κ1) is 19.7. The smallest absolute Gasteiger partial charge is 0.279 e. The molecule has 1 fully saturated rings. The van der Waals surface area contributed by atoms with Crippen molar-refractivity contribution in [2.24, 2.45) is 5.73 Å². The fourth-order valence-electron chi connectivity index (χ4n) is 2.64. The van der Waals surface area contributed by atoms with Crippen LogP contribution in [0, 0.1) is 0 Å². The maximum Gasteiger partial charge on any atom is 0.279 e. The van der Waals surface area contributed by atoms with Gasteiger partial charge in [-0.25, -0.2) is 4.68 Å². The van der Waals surface area contributed by atoms with E-state index in [9.17, 15) is 4.79 Å². The van der Waals surface area contributed by atoms with Crippen LogP contribution in [0.4, 0.5) is 5.13 Å². The van der Waals surface area contributed by atoms with Crippen molar-refractivity contribution >= 4 is 34.8 Å². The monoisotopic (exact) mass is 387 g/mol. The Labute approximate surface area is 155 Å². The van der Waals surface area contributed by atoms with E-state index in [2.05, 4.69) is 25.8 Å². The van der Waals surface area contributed by atoms with Gasteiger partial charge in [0.15, 0.2) is 5.69 Å². The van der Waals surface area contributed by atoms with Crippen LogP contribution >= 0.6 is 23.7 Å². The SMILES string of the molecule is COC(C)c1nnc(NC(=O)c2cn(C3CCC(N)CC3)nn2)s1.Cl. The molecule has 25 heavy (non-hydrogen) atoms. The molecule has 11 heteroatoms. The van der Waals surface area contributed by atoms with Crippen molar-refractivity contribution in [2.45, 2.75) is 50.8 Å². The number of rotatable bonds is 5. The number of amides is 1. The molecular formula is C14H22ClN7O2S. The number of nitrogens with zero attached hydrogens (tertiary/aromatic N) is 5. The number of halogens is 1. The van der Waals surface area contributed by atoms with Crippen LogP contribution in [0.2, 0.25) is 0 Å². The second-order valence-electron chi connectivity index (χ2n) is 5.93. The first-order valence-corrected chi connectivity index (χ1v) is 8.73. The summed E-state index contributed by atoms with van der Waals surface area (Å²) < 4.78 is 6.94. The molecule has 1 saturated carbocycles. The lowest BCUT2D eigenvalue weighted by molar-refractivity contribution is 0.102. The fourth-order valence-corrected chi connectivity index (χ4v) is 3.40. The van der Waals surface area contributed by atoms with Gasteiger partial charge in [0.05, 0.1) is 12.2 Å². The topological polar surface area (TPSA) is 121 Å². The number of hydrogen-bond donors (Lipinski definition) is 2. The third-order valence-corrected chi connectivity index (χ3v) is 5.22. The summed E-state index contributed by atoms with van der Waals surface area (Å²) in [7, 11) is 1.60. The molecule has 0 aliphatic heterocycles. The number of methoxy groups -OCH3 is 1. The Morgan fingerprint density at radius 1 is 1.36 bits per heavy atom. The minimum Gasteiger partial charge on any atom is -0.374 e. The minimum atomic E-state index is -0.346.